The van der Waals surface area contributed by atoms with E-state index in [-0.39, 0.29) is 36.2 Å². The van der Waals surface area contributed by atoms with Crippen molar-refractivity contribution in [2.75, 3.05) is 27.4 Å². The fraction of sp³-hybridized carbons (Fsp3) is 0.294. The van der Waals surface area contributed by atoms with Gasteiger partial charge in [0.05, 0.1) is 11.5 Å². The maximum atomic E-state index is 12.7. The Hall–Kier alpha value is -2.71. The molecule has 8 nitrogen and oxygen atoms in total. The Bertz CT molecular complexity index is 800. The van der Waals surface area contributed by atoms with Crippen molar-refractivity contribution in [1.82, 2.24) is 9.88 Å². The number of aromatic nitrogens is 1. The zero-order valence-electron chi connectivity index (χ0n) is 14.3. The van der Waals surface area contributed by atoms with Gasteiger partial charge in [0.25, 0.3) is 11.6 Å². The number of non-ortho nitro benzene ring substituents is 1. The molecular weight excluding hydrogens is 362 g/mol. The number of pyridine rings is 1. The predicted octanol–water partition coefficient (Wildman–Crippen LogP) is 2.94. The molecule has 0 bridgehead atoms. The standard InChI is InChI=1S/C17H18ClN3O5/c1-20(11-12-10-13(21(23)24)5-6-15(12)18)17(22)14-4-3-7-19-16(14)26-9-8-25-2/h3-7,10H,8-9,11H2,1-2H3. The van der Waals surface area contributed by atoms with Crippen molar-refractivity contribution < 1.29 is 19.2 Å². The number of benzene rings is 1. The van der Waals surface area contributed by atoms with E-state index >= 15 is 0 Å². The predicted molar refractivity (Wildman–Crippen MR) is 95.5 cm³/mol. The van der Waals surface area contributed by atoms with Crippen molar-refractivity contribution in [3.8, 4) is 5.88 Å². The quantitative estimate of drug-likeness (QED) is 0.397. The first-order valence-electron chi connectivity index (χ1n) is 7.69. The number of nitrogens with zero attached hydrogens (tertiary/aromatic N) is 3. The fourth-order valence-electron chi connectivity index (χ4n) is 2.22. The van der Waals surface area contributed by atoms with E-state index in [2.05, 4.69) is 4.98 Å². The highest BCUT2D eigenvalue weighted by Gasteiger charge is 2.20. The number of ether oxygens (including phenoxy) is 2. The molecule has 9 heteroatoms. The van der Waals surface area contributed by atoms with Crippen molar-refractivity contribution in [1.29, 1.82) is 0 Å². The molecule has 26 heavy (non-hydrogen) atoms. The topological polar surface area (TPSA) is 94.8 Å². The first-order chi connectivity index (χ1) is 12.4. The molecule has 0 fully saturated rings. The van der Waals surface area contributed by atoms with Crippen LogP contribution in [-0.4, -0.2) is 48.1 Å². The Labute approximate surface area is 155 Å². The lowest BCUT2D eigenvalue weighted by atomic mass is 10.1. The van der Waals surface area contributed by atoms with Crippen molar-refractivity contribution in [2.24, 2.45) is 0 Å². The number of carbonyl (C=O) groups is 1. The number of hydrogen-bond donors (Lipinski definition) is 0. The maximum Gasteiger partial charge on any atom is 0.269 e. The van der Waals surface area contributed by atoms with E-state index in [1.165, 1.54) is 29.3 Å². The van der Waals surface area contributed by atoms with Crippen LogP contribution in [0.2, 0.25) is 5.02 Å². The number of halogens is 1. The molecule has 2 rings (SSSR count). The Morgan fingerprint density at radius 3 is 2.81 bits per heavy atom. The third kappa shape index (κ3) is 4.90. The monoisotopic (exact) mass is 379 g/mol. The normalized spacial score (nSPS) is 10.4. The summed E-state index contributed by atoms with van der Waals surface area (Å²) in [5.41, 5.74) is 0.672. The summed E-state index contributed by atoms with van der Waals surface area (Å²) in [5.74, 6) is -0.139. The van der Waals surface area contributed by atoms with Crippen LogP contribution >= 0.6 is 11.6 Å². The van der Waals surface area contributed by atoms with Crippen LogP contribution in [0.4, 0.5) is 5.69 Å². The van der Waals surface area contributed by atoms with Gasteiger partial charge in [-0.15, -0.1) is 0 Å². The summed E-state index contributed by atoms with van der Waals surface area (Å²) in [7, 11) is 3.12. The summed E-state index contributed by atoms with van der Waals surface area (Å²) >= 11 is 6.10. The molecule has 0 atom stereocenters. The molecule has 1 aromatic heterocycles. The van der Waals surface area contributed by atoms with E-state index in [1.807, 2.05) is 0 Å². The molecule has 138 valence electrons. The third-order valence-corrected chi connectivity index (χ3v) is 3.89. The minimum Gasteiger partial charge on any atom is -0.475 e. The molecule has 0 aliphatic carbocycles. The minimum atomic E-state index is -0.509. The molecule has 0 spiro atoms. The van der Waals surface area contributed by atoms with Crippen LogP contribution in [0.5, 0.6) is 5.88 Å². The van der Waals surface area contributed by atoms with E-state index < -0.39 is 4.92 Å². The van der Waals surface area contributed by atoms with E-state index in [0.717, 1.165) is 0 Å². The van der Waals surface area contributed by atoms with Gasteiger partial charge in [0.1, 0.15) is 12.2 Å². The maximum absolute atomic E-state index is 12.7. The summed E-state index contributed by atoms with van der Waals surface area (Å²) in [6, 6.07) is 7.34. The highest BCUT2D eigenvalue weighted by molar-refractivity contribution is 6.31. The van der Waals surface area contributed by atoms with Gasteiger partial charge >= 0.3 is 0 Å². The van der Waals surface area contributed by atoms with Crippen LogP contribution in [0.1, 0.15) is 15.9 Å². The molecular formula is C17H18ClN3O5. The first-order valence-corrected chi connectivity index (χ1v) is 8.07. The summed E-state index contributed by atoms with van der Waals surface area (Å²) in [6.07, 6.45) is 1.52. The van der Waals surface area contributed by atoms with Crippen molar-refractivity contribution >= 4 is 23.2 Å². The lowest BCUT2D eigenvalue weighted by Crippen LogP contribution is -2.27. The first kappa shape index (κ1) is 19.6. The van der Waals surface area contributed by atoms with Gasteiger partial charge in [0.15, 0.2) is 0 Å². The van der Waals surface area contributed by atoms with Crippen LogP contribution < -0.4 is 4.74 Å². The van der Waals surface area contributed by atoms with Crippen LogP contribution in [-0.2, 0) is 11.3 Å². The summed E-state index contributed by atoms with van der Waals surface area (Å²) in [6.45, 7) is 0.725. The molecule has 0 aliphatic heterocycles. The third-order valence-electron chi connectivity index (χ3n) is 3.52. The number of nitro benzene ring substituents is 1. The Morgan fingerprint density at radius 2 is 2.12 bits per heavy atom. The fourth-order valence-corrected chi connectivity index (χ4v) is 2.40. The zero-order chi connectivity index (χ0) is 19.1. The average molecular weight is 380 g/mol. The lowest BCUT2D eigenvalue weighted by Gasteiger charge is -2.19. The van der Waals surface area contributed by atoms with Crippen molar-refractivity contribution in [3.63, 3.8) is 0 Å². The number of nitro groups is 1. The van der Waals surface area contributed by atoms with Crippen LogP contribution in [0.25, 0.3) is 0 Å². The molecule has 0 saturated heterocycles. The second-order valence-electron chi connectivity index (χ2n) is 5.39. The molecule has 0 radical (unpaired) electrons. The van der Waals surface area contributed by atoms with Gasteiger partial charge in [-0.25, -0.2) is 4.98 Å². The van der Waals surface area contributed by atoms with Gasteiger partial charge in [-0.05, 0) is 23.8 Å². The zero-order valence-corrected chi connectivity index (χ0v) is 15.1. The number of rotatable bonds is 8. The molecule has 0 unspecified atom stereocenters. The van der Waals surface area contributed by atoms with E-state index in [9.17, 15) is 14.9 Å². The SMILES string of the molecule is COCCOc1ncccc1C(=O)N(C)Cc1cc([N+](=O)[O-])ccc1Cl. The van der Waals surface area contributed by atoms with Gasteiger partial charge in [0.2, 0.25) is 5.88 Å². The molecule has 0 aliphatic rings. The summed E-state index contributed by atoms with van der Waals surface area (Å²) in [5, 5.41) is 11.3. The molecule has 2 aromatic rings. The van der Waals surface area contributed by atoms with Crippen molar-refractivity contribution in [3.05, 3.63) is 62.8 Å². The average Bonchev–Trinajstić information content (AvgIpc) is 2.63. The Balaban J connectivity index is 2.18. The number of amides is 1. The Kier molecular flexibility index (Phi) is 6.88. The van der Waals surface area contributed by atoms with Gasteiger partial charge in [-0.1, -0.05) is 11.6 Å². The molecule has 0 saturated carbocycles. The molecule has 1 amide bonds. The summed E-state index contributed by atoms with van der Waals surface area (Å²) < 4.78 is 10.4. The second kappa shape index (κ2) is 9.12. The van der Waals surface area contributed by atoms with E-state index in [0.29, 0.717) is 17.2 Å². The van der Waals surface area contributed by atoms with Crippen molar-refractivity contribution in [2.45, 2.75) is 6.54 Å². The lowest BCUT2D eigenvalue weighted by molar-refractivity contribution is -0.384. The highest BCUT2D eigenvalue weighted by Crippen LogP contribution is 2.24. The number of methoxy groups -OCH3 is 1. The Morgan fingerprint density at radius 1 is 1.35 bits per heavy atom. The minimum absolute atomic E-state index is 0.0878. The second-order valence-corrected chi connectivity index (χ2v) is 5.80. The van der Waals surface area contributed by atoms with Gasteiger partial charge in [-0.3, -0.25) is 14.9 Å². The molecule has 1 heterocycles. The smallest absolute Gasteiger partial charge is 0.269 e. The highest BCUT2D eigenvalue weighted by atomic mass is 35.5. The van der Waals surface area contributed by atoms with Gasteiger partial charge < -0.3 is 14.4 Å². The summed E-state index contributed by atoms with van der Waals surface area (Å²) in [4.78, 5) is 28.6. The molecule has 0 N–H and O–H groups in total. The largest absolute Gasteiger partial charge is 0.475 e. The van der Waals surface area contributed by atoms with E-state index in [1.54, 1.807) is 26.3 Å². The van der Waals surface area contributed by atoms with E-state index in [4.69, 9.17) is 21.1 Å². The van der Waals surface area contributed by atoms with Crippen LogP contribution in [0.3, 0.4) is 0 Å². The number of carbonyl (C=O) groups excluding carboxylic acids is 1. The van der Waals surface area contributed by atoms with Crippen LogP contribution in [0.15, 0.2) is 36.5 Å². The number of hydrogen-bond acceptors (Lipinski definition) is 6. The van der Waals surface area contributed by atoms with Gasteiger partial charge in [-0.2, -0.15) is 0 Å². The van der Waals surface area contributed by atoms with Gasteiger partial charge in [0, 0.05) is 44.1 Å². The van der Waals surface area contributed by atoms with Crippen LogP contribution in [0, 0.1) is 10.1 Å². The molecule has 1 aromatic carbocycles.